The number of rotatable bonds is 7. The van der Waals surface area contributed by atoms with Crippen molar-refractivity contribution in [3.05, 3.63) is 99.9 Å². The van der Waals surface area contributed by atoms with Gasteiger partial charge in [-0.2, -0.15) is 0 Å². The summed E-state index contributed by atoms with van der Waals surface area (Å²) in [5.41, 5.74) is 0.526. The molecule has 12 heteroatoms. The molecule has 1 amide bonds. The minimum absolute atomic E-state index is 0.0304. The lowest BCUT2D eigenvalue weighted by Crippen LogP contribution is -2.44. The summed E-state index contributed by atoms with van der Waals surface area (Å²) < 4.78 is 87.0. The molecule has 0 aliphatic carbocycles. The predicted octanol–water partition coefficient (Wildman–Crippen LogP) is 5.00. The molecule has 3 atom stereocenters. The van der Waals surface area contributed by atoms with E-state index < -0.39 is 46.8 Å². The van der Waals surface area contributed by atoms with Crippen LogP contribution in [0.2, 0.25) is 0 Å². The van der Waals surface area contributed by atoms with Gasteiger partial charge in [-0.15, -0.1) is 0 Å². The van der Waals surface area contributed by atoms with Gasteiger partial charge in [0.15, 0.2) is 29.6 Å². The average Bonchev–Trinajstić information content (AvgIpc) is 2.99. The van der Waals surface area contributed by atoms with Crippen LogP contribution in [-0.2, 0) is 20.8 Å². The van der Waals surface area contributed by atoms with Crippen LogP contribution in [0.4, 0.5) is 27.6 Å². The summed E-state index contributed by atoms with van der Waals surface area (Å²) in [5.74, 6) is -12.7. The molecule has 2 aliphatic heterocycles. The molecule has 2 heterocycles. The molecule has 2 saturated heterocycles. The van der Waals surface area contributed by atoms with Crippen LogP contribution >= 0.6 is 0 Å². The van der Waals surface area contributed by atoms with Gasteiger partial charge in [0, 0.05) is 37.3 Å². The summed E-state index contributed by atoms with van der Waals surface area (Å²) >= 11 is 0. The number of amides is 1. The van der Waals surface area contributed by atoms with E-state index in [1.807, 2.05) is 12.1 Å². The standard InChI is InChI=1S/C29H27F5N2O5/c30-23-22(24(31)26(33)27(34)25(23)32)28(38)35-19-3-1-2-18(12-19)29-40-20(14-36-8-10-39-11-9-36)13-21(41-29)17-6-4-16(15-37)5-7-17/h1-7,12,20-21,29,37H,8-11,13-15H2,(H,35,38). The average molecular weight is 579 g/mol. The van der Waals surface area contributed by atoms with Gasteiger partial charge in [0.05, 0.1) is 32.0 Å². The lowest BCUT2D eigenvalue weighted by atomic mass is 9.99. The smallest absolute Gasteiger partial charge is 0.261 e. The highest BCUT2D eigenvalue weighted by Crippen LogP contribution is 2.39. The summed E-state index contributed by atoms with van der Waals surface area (Å²) in [6.45, 7) is 3.25. The first-order valence-corrected chi connectivity index (χ1v) is 13.0. The van der Waals surface area contributed by atoms with Crippen LogP contribution in [0.15, 0.2) is 48.5 Å². The predicted molar refractivity (Wildman–Crippen MR) is 136 cm³/mol. The van der Waals surface area contributed by atoms with Crippen LogP contribution in [0, 0.1) is 29.1 Å². The topological polar surface area (TPSA) is 80.3 Å². The van der Waals surface area contributed by atoms with Crippen molar-refractivity contribution in [1.29, 1.82) is 0 Å². The number of benzene rings is 3. The molecular formula is C29H27F5N2O5. The van der Waals surface area contributed by atoms with Gasteiger partial charge in [0.2, 0.25) is 5.82 Å². The first-order valence-electron chi connectivity index (χ1n) is 13.0. The maximum atomic E-state index is 14.2. The Bertz CT molecular complexity index is 1370. The zero-order valence-electron chi connectivity index (χ0n) is 21.7. The Morgan fingerprint density at radius 2 is 1.54 bits per heavy atom. The molecule has 0 aromatic heterocycles. The zero-order valence-corrected chi connectivity index (χ0v) is 21.7. The van der Waals surface area contributed by atoms with Crippen molar-refractivity contribution >= 4 is 11.6 Å². The van der Waals surface area contributed by atoms with E-state index >= 15 is 0 Å². The molecule has 41 heavy (non-hydrogen) atoms. The van der Waals surface area contributed by atoms with Gasteiger partial charge in [-0.25, -0.2) is 22.0 Å². The quantitative estimate of drug-likeness (QED) is 0.233. The van der Waals surface area contributed by atoms with E-state index in [4.69, 9.17) is 14.2 Å². The molecule has 5 rings (SSSR count). The fraction of sp³-hybridized carbons (Fsp3) is 0.345. The maximum Gasteiger partial charge on any atom is 0.261 e. The molecule has 3 aromatic carbocycles. The molecule has 2 aliphatic rings. The number of anilines is 1. The molecule has 2 N–H and O–H groups in total. The van der Waals surface area contributed by atoms with Gasteiger partial charge < -0.3 is 24.6 Å². The van der Waals surface area contributed by atoms with Gasteiger partial charge in [-0.1, -0.05) is 36.4 Å². The Labute approximate surface area is 232 Å². The summed E-state index contributed by atoms with van der Waals surface area (Å²) in [6.07, 6.45) is -0.980. The van der Waals surface area contributed by atoms with Crippen LogP contribution in [-0.4, -0.2) is 54.9 Å². The van der Waals surface area contributed by atoms with Gasteiger partial charge in [0.25, 0.3) is 5.91 Å². The fourth-order valence-corrected chi connectivity index (χ4v) is 4.87. The molecule has 7 nitrogen and oxygen atoms in total. The maximum absolute atomic E-state index is 14.2. The van der Waals surface area contributed by atoms with E-state index in [0.29, 0.717) is 31.7 Å². The minimum atomic E-state index is -2.35. The Morgan fingerprint density at radius 3 is 2.20 bits per heavy atom. The number of nitrogens with zero attached hydrogens (tertiary/aromatic N) is 1. The Hall–Kier alpha value is -3.42. The SMILES string of the molecule is O=C(Nc1cccc(C2OC(CN3CCOCC3)CC(c3ccc(CO)cc3)O2)c1)c1c(F)c(F)c(F)c(F)c1F. The molecule has 2 fully saturated rings. The number of ether oxygens (including phenoxy) is 3. The Morgan fingerprint density at radius 1 is 0.878 bits per heavy atom. The number of morpholine rings is 1. The fourth-order valence-electron chi connectivity index (χ4n) is 4.87. The monoisotopic (exact) mass is 578 g/mol. The highest BCUT2D eigenvalue weighted by molar-refractivity contribution is 6.04. The van der Waals surface area contributed by atoms with Crippen molar-refractivity contribution in [1.82, 2.24) is 4.90 Å². The normalized spacial score (nSPS) is 21.6. The molecule has 0 spiro atoms. The van der Waals surface area contributed by atoms with Crippen molar-refractivity contribution in [3.8, 4) is 0 Å². The summed E-state index contributed by atoms with van der Waals surface area (Å²) in [6, 6.07) is 13.4. The number of aliphatic hydroxyl groups is 1. The molecule has 0 radical (unpaired) electrons. The molecule has 0 saturated carbocycles. The number of carbonyl (C=O) groups excluding carboxylic acids is 1. The van der Waals surface area contributed by atoms with Gasteiger partial charge in [-0.05, 0) is 23.3 Å². The van der Waals surface area contributed by atoms with Gasteiger partial charge >= 0.3 is 0 Å². The van der Waals surface area contributed by atoms with Gasteiger partial charge in [0.1, 0.15) is 5.56 Å². The van der Waals surface area contributed by atoms with Crippen LogP contribution in [0.1, 0.15) is 45.9 Å². The second-order valence-electron chi connectivity index (χ2n) is 9.79. The number of halogens is 5. The van der Waals surface area contributed by atoms with Crippen molar-refractivity contribution in [3.63, 3.8) is 0 Å². The highest BCUT2D eigenvalue weighted by atomic mass is 19.2. The second kappa shape index (κ2) is 12.6. The van der Waals surface area contributed by atoms with E-state index in [2.05, 4.69) is 10.2 Å². The summed E-state index contributed by atoms with van der Waals surface area (Å²) in [7, 11) is 0. The number of aliphatic hydroxyl groups excluding tert-OH is 1. The third-order valence-corrected chi connectivity index (χ3v) is 7.03. The van der Waals surface area contributed by atoms with E-state index in [9.17, 15) is 31.9 Å². The summed E-state index contributed by atoms with van der Waals surface area (Å²) in [4.78, 5) is 14.8. The number of hydrogen-bond donors (Lipinski definition) is 2. The lowest BCUT2D eigenvalue weighted by molar-refractivity contribution is -0.253. The Kier molecular flexibility index (Phi) is 8.95. The third kappa shape index (κ3) is 6.41. The number of carbonyl (C=O) groups is 1. The van der Waals surface area contributed by atoms with E-state index in [1.54, 1.807) is 18.2 Å². The molecular weight excluding hydrogens is 551 g/mol. The van der Waals surface area contributed by atoms with Gasteiger partial charge in [-0.3, -0.25) is 9.69 Å². The molecule has 3 aromatic rings. The first-order chi connectivity index (χ1) is 19.7. The second-order valence-corrected chi connectivity index (χ2v) is 9.79. The molecule has 3 unspecified atom stereocenters. The highest BCUT2D eigenvalue weighted by Gasteiger charge is 2.34. The van der Waals surface area contributed by atoms with E-state index in [1.165, 1.54) is 18.2 Å². The third-order valence-electron chi connectivity index (χ3n) is 7.03. The van der Waals surface area contributed by atoms with Crippen molar-refractivity contribution in [2.75, 3.05) is 38.2 Å². The van der Waals surface area contributed by atoms with E-state index in [0.717, 1.165) is 24.2 Å². The van der Waals surface area contributed by atoms with Crippen molar-refractivity contribution in [2.24, 2.45) is 0 Å². The Balaban J connectivity index is 1.38. The number of hydrogen-bond acceptors (Lipinski definition) is 6. The van der Waals surface area contributed by atoms with Crippen LogP contribution in [0.25, 0.3) is 0 Å². The summed E-state index contributed by atoms with van der Waals surface area (Å²) in [5, 5.41) is 11.6. The van der Waals surface area contributed by atoms with Crippen molar-refractivity contribution in [2.45, 2.75) is 31.5 Å². The molecule has 0 bridgehead atoms. The minimum Gasteiger partial charge on any atom is -0.392 e. The number of nitrogens with one attached hydrogen (secondary N) is 1. The van der Waals surface area contributed by atoms with Crippen LogP contribution in [0.5, 0.6) is 0 Å². The molecule has 218 valence electrons. The van der Waals surface area contributed by atoms with Crippen molar-refractivity contribution < 1.29 is 46.1 Å². The van der Waals surface area contributed by atoms with Crippen LogP contribution < -0.4 is 5.32 Å². The van der Waals surface area contributed by atoms with Crippen LogP contribution in [0.3, 0.4) is 0 Å². The first kappa shape index (κ1) is 29.1. The lowest BCUT2D eigenvalue weighted by Gasteiger charge is -2.39. The largest absolute Gasteiger partial charge is 0.392 e. The zero-order chi connectivity index (χ0) is 29.1. The van der Waals surface area contributed by atoms with E-state index in [-0.39, 0.29) is 24.5 Å².